The molecule has 0 saturated carbocycles. The van der Waals surface area contributed by atoms with E-state index in [0.717, 1.165) is 6.42 Å². The molecule has 0 fully saturated rings. The summed E-state index contributed by atoms with van der Waals surface area (Å²) in [4.78, 5) is 11.0. The molecule has 3 nitrogen and oxygen atoms in total. The lowest BCUT2D eigenvalue weighted by molar-refractivity contribution is -0.122. The Morgan fingerprint density at radius 2 is 2.00 bits per heavy atom. The van der Waals surface area contributed by atoms with E-state index in [1.807, 2.05) is 6.92 Å². The van der Waals surface area contributed by atoms with Crippen LogP contribution in [0, 0.1) is 5.92 Å². The Labute approximate surface area is 74.2 Å². The van der Waals surface area contributed by atoms with Crippen LogP contribution in [-0.2, 0) is 4.79 Å². The normalized spacial score (nSPS) is 13.1. The first-order valence-corrected chi connectivity index (χ1v) is 4.46. The maximum Gasteiger partial charge on any atom is 0.222 e. The molecule has 1 amide bonds. The number of carbonyl (C=O) groups is 1. The topological polar surface area (TPSA) is 49.3 Å². The van der Waals surface area contributed by atoms with Gasteiger partial charge in [-0.1, -0.05) is 13.8 Å². The molecule has 0 rings (SSSR count). The minimum atomic E-state index is -0.0692. The fourth-order valence-electron chi connectivity index (χ4n) is 1.21. The fraction of sp³-hybridized carbons (Fsp3) is 0.889. The lowest BCUT2D eigenvalue weighted by Crippen LogP contribution is -2.33. The van der Waals surface area contributed by atoms with Crippen molar-refractivity contribution >= 4 is 5.91 Å². The molecule has 2 N–H and O–H groups in total. The van der Waals surface area contributed by atoms with Crippen molar-refractivity contribution in [3.05, 3.63) is 0 Å². The van der Waals surface area contributed by atoms with Crippen molar-refractivity contribution < 1.29 is 9.90 Å². The second-order valence-corrected chi connectivity index (χ2v) is 3.57. The number of hydrogen-bond donors (Lipinski definition) is 2. The van der Waals surface area contributed by atoms with Gasteiger partial charge in [-0.25, -0.2) is 0 Å². The van der Waals surface area contributed by atoms with E-state index in [1.54, 1.807) is 0 Å². The van der Waals surface area contributed by atoms with Gasteiger partial charge in [0.1, 0.15) is 0 Å². The Balaban J connectivity index is 3.54. The monoisotopic (exact) mass is 173 g/mol. The standard InChI is InChI=1S/C9H19NO2/c1-7(2)6-8(3)10-9(12)4-5-11/h7-8,11H,4-6H2,1-3H3,(H,10,12)/t8-/m1/s1. The minimum absolute atomic E-state index is 0.0642. The Morgan fingerprint density at radius 3 is 2.42 bits per heavy atom. The third kappa shape index (κ3) is 6.16. The van der Waals surface area contributed by atoms with Gasteiger partial charge in [0, 0.05) is 12.5 Å². The lowest BCUT2D eigenvalue weighted by atomic mass is 10.1. The maximum atomic E-state index is 11.0. The van der Waals surface area contributed by atoms with Crippen LogP contribution in [0.3, 0.4) is 0 Å². The molecule has 0 unspecified atom stereocenters. The molecule has 0 aliphatic heterocycles. The molecular formula is C9H19NO2. The Kier molecular flexibility index (Phi) is 5.72. The van der Waals surface area contributed by atoms with Crippen molar-refractivity contribution in [1.82, 2.24) is 5.32 Å². The van der Waals surface area contributed by atoms with Crippen molar-refractivity contribution in [2.45, 2.75) is 39.7 Å². The van der Waals surface area contributed by atoms with Gasteiger partial charge in [0.15, 0.2) is 0 Å². The average Bonchev–Trinajstić information content (AvgIpc) is 1.84. The zero-order valence-corrected chi connectivity index (χ0v) is 8.13. The van der Waals surface area contributed by atoms with E-state index < -0.39 is 0 Å². The van der Waals surface area contributed by atoms with Gasteiger partial charge in [-0.3, -0.25) is 4.79 Å². The predicted molar refractivity (Wildman–Crippen MR) is 48.8 cm³/mol. The molecule has 0 aliphatic carbocycles. The largest absolute Gasteiger partial charge is 0.396 e. The number of nitrogens with one attached hydrogen (secondary N) is 1. The first kappa shape index (κ1) is 11.4. The van der Waals surface area contributed by atoms with Gasteiger partial charge < -0.3 is 10.4 Å². The van der Waals surface area contributed by atoms with Gasteiger partial charge in [0.2, 0.25) is 5.91 Å². The molecule has 0 heterocycles. The molecule has 0 radical (unpaired) electrons. The van der Waals surface area contributed by atoms with Crippen LogP contribution >= 0.6 is 0 Å². The summed E-state index contributed by atoms with van der Waals surface area (Å²) in [5, 5.41) is 11.3. The molecule has 12 heavy (non-hydrogen) atoms. The lowest BCUT2D eigenvalue weighted by Gasteiger charge is -2.15. The van der Waals surface area contributed by atoms with Crippen molar-refractivity contribution in [1.29, 1.82) is 0 Å². The average molecular weight is 173 g/mol. The van der Waals surface area contributed by atoms with E-state index in [4.69, 9.17) is 5.11 Å². The van der Waals surface area contributed by atoms with Crippen LogP contribution in [-0.4, -0.2) is 23.7 Å². The van der Waals surface area contributed by atoms with Gasteiger partial charge >= 0.3 is 0 Å². The van der Waals surface area contributed by atoms with E-state index in [-0.39, 0.29) is 25.0 Å². The molecule has 0 spiro atoms. The number of carbonyl (C=O) groups excluding carboxylic acids is 1. The van der Waals surface area contributed by atoms with E-state index in [2.05, 4.69) is 19.2 Å². The van der Waals surface area contributed by atoms with Gasteiger partial charge in [-0.05, 0) is 19.3 Å². The van der Waals surface area contributed by atoms with E-state index in [0.29, 0.717) is 5.92 Å². The van der Waals surface area contributed by atoms with Gasteiger partial charge in [-0.2, -0.15) is 0 Å². The zero-order valence-electron chi connectivity index (χ0n) is 8.13. The molecule has 3 heteroatoms. The third-order valence-corrected chi connectivity index (χ3v) is 1.57. The summed E-state index contributed by atoms with van der Waals surface area (Å²) in [6.07, 6.45) is 1.19. The van der Waals surface area contributed by atoms with Gasteiger partial charge in [-0.15, -0.1) is 0 Å². The third-order valence-electron chi connectivity index (χ3n) is 1.57. The summed E-state index contributed by atoms with van der Waals surface area (Å²) in [6, 6.07) is 0.212. The fourth-order valence-corrected chi connectivity index (χ4v) is 1.21. The zero-order chi connectivity index (χ0) is 9.56. The van der Waals surface area contributed by atoms with Gasteiger partial charge in [0.05, 0.1) is 6.61 Å². The van der Waals surface area contributed by atoms with Gasteiger partial charge in [0.25, 0.3) is 0 Å². The molecule has 0 aliphatic rings. The highest BCUT2D eigenvalue weighted by molar-refractivity contribution is 5.76. The highest BCUT2D eigenvalue weighted by atomic mass is 16.3. The number of aliphatic hydroxyl groups excluding tert-OH is 1. The predicted octanol–water partition coefficient (Wildman–Crippen LogP) is 0.920. The number of amides is 1. The van der Waals surface area contributed by atoms with Crippen LogP contribution in [0.25, 0.3) is 0 Å². The molecule has 72 valence electrons. The summed E-state index contributed by atoms with van der Waals surface area (Å²) in [6.45, 7) is 6.15. The van der Waals surface area contributed by atoms with Crippen LogP contribution in [0.2, 0.25) is 0 Å². The number of hydrogen-bond acceptors (Lipinski definition) is 2. The second-order valence-electron chi connectivity index (χ2n) is 3.57. The molecule has 0 bridgehead atoms. The number of rotatable bonds is 5. The van der Waals surface area contributed by atoms with Crippen LogP contribution in [0.15, 0.2) is 0 Å². The second kappa shape index (κ2) is 6.00. The Hall–Kier alpha value is -0.570. The first-order chi connectivity index (χ1) is 5.56. The summed E-state index contributed by atoms with van der Waals surface area (Å²) in [5.41, 5.74) is 0. The Morgan fingerprint density at radius 1 is 1.42 bits per heavy atom. The molecule has 1 atom stereocenters. The van der Waals surface area contributed by atoms with Crippen LogP contribution < -0.4 is 5.32 Å². The SMILES string of the molecule is CC(C)C[C@@H](C)NC(=O)CCO. The minimum Gasteiger partial charge on any atom is -0.396 e. The Bertz CT molecular complexity index is 134. The summed E-state index contributed by atoms with van der Waals surface area (Å²) in [7, 11) is 0. The highest BCUT2D eigenvalue weighted by Gasteiger charge is 2.07. The van der Waals surface area contributed by atoms with Crippen molar-refractivity contribution in [2.24, 2.45) is 5.92 Å². The smallest absolute Gasteiger partial charge is 0.222 e. The molecule has 0 aromatic heterocycles. The molecule has 0 aromatic carbocycles. The van der Waals surface area contributed by atoms with Crippen LogP contribution in [0.5, 0.6) is 0 Å². The van der Waals surface area contributed by atoms with Crippen LogP contribution in [0.4, 0.5) is 0 Å². The van der Waals surface area contributed by atoms with E-state index in [1.165, 1.54) is 0 Å². The first-order valence-electron chi connectivity index (χ1n) is 4.46. The van der Waals surface area contributed by atoms with E-state index >= 15 is 0 Å². The number of aliphatic hydroxyl groups is 1. The molecular weight excluding hydrogens is 154 g/mol. The van der Waals surface area contributed by atoms with Crippen molar-refractivity contribution in [3.63, 3.8) is 0 Å². The summed E-state index contributed by atoms with van der Waals surface area (Å²) in [5.74, 6) is 0.528. The summed E-state index contributed by atoms with van der Waals surface area (Å²) < 4.78 is 0. The van der Waals surface area contributed by atoms with Crippen LogP contribution in [0.1, 0.15) is 33.6 Å². The highest BCUT2D eigenvalue weighted by Crippen LogP contribution is 2.03. The van der Waals surface area contributed by atoms with Crippen molar-refractivity contribution in [2.75, 3.05) is 6.61 Å². The maximum absolute atomic E-state index is 11.0. The molecule has 0 aromatic rings. The summed E-state index contributed by atoms with van der Waals surface area (Å²) >= 11 is 0. The van der Waals surface area contributed by atoms with E-state index in [9.17, 15) is 4.79 Å². The van der Waals surface area contributed by atoms with Crippen molar-refractivity contribution in [3.8, 4) is 0 Å². The molecule has 0 saturated heterocycles. The quantitative estimate of drug-likeness (QED) is 0.649.